The van der Waals surface area contributed by atoms with Crippen molar-refractivity contribution in [3.8, 4) is 0 Å². The Hall–Kier alpha value is -1.92. The summed E-state index contributed by atoms with van der Waals surface area (Å²) in [6.45, 7) is 2.28. The first-order valence-corrected chi connectivity index (χ1v) is 5.71. The van der Waals surface area contributed by atoms with Gasteiger partial charge in [0.1, 0.15) is 0 Å². The summed E-state index contributed by atoms with van der Waals surface area (Å²) < 4.78 is 19.1. The van der Waals surface area contributed by atoms with Crippen molar-refractivity contribution >= 4 is 11.9 Å². The molecule has 1 aromatic heterocycles. The molecule has 0 atom stereocenters. The Bertz CT molecular complexity index is 473. The van der Waals surface area contributed by atoms with Gasteiger partial charge in [0.05, 0.1) is 6.61 Å². The maximum absolute atomic E-state index is 13.3. The van der Waals surface area contributed by atoms with Crippen LogP contribution in [0.5, 0.6) is 0 Å². The summed E-state index contributed by atoms with van der Waals surface area (Å²) in [7, 11) is 1.37. The van der Waals surface area contributed by atoms with Crippen molar-refractivity contribution < 1.29 is 13.9 Å². The van der Waals surface area contributed by atoms with Crippen LogP contribution < -0.4 is 11.0 Å². The number of unbranched alkanes of at least 4 members (excludes halogenated alkanes) is 2. The molecule has 0 radical (unpaired) electrons. The third-order valence-corrected chi connectivity index (χ3v) is 2.24. The van der Waals surface area contributed by atoms with Crippen LogP contribution in [0.2, 0.25) is 0 Å². The van der Waals surface area contributed by atoms with Crippen molar-refractivity contribution in [1.82, 2.24) is 9.55 Å². The number of hydrogen-bond acceptors (Lipinski definition) is 4. The first-order chi connectivity index (χ1) is 8.54. The van der Waals surface area contributed by atoms with Crippen molar-refractivity contribution in [2.45, 2.75) is 26.2 Å². The van der Waals surface area contributed by atoms with Gasteiger partial charge in [0.15, 0.2) is 11.6 Å². The highest BCUT2D eigenvalue weighted by molar-refractivity contribution is 5.83. The molecule has 0 unspecified atom stereocenters. The molecule has 1 amide bonds. The smallest absolute Gasteiger partial charge is 0.412 e. The van der Waals surface area contributed by atoms with Crippen LogP contribution in [0.15, 0.2) is 11.0 Å². The van der Waals surface area contributed by atoms with E-state index in [0.29, 0.717) is 0 Å². The molecule has 1 N–H and O–H groups in total. The number of nitrogens with one attached hydrogen (secondary N) is 1. The molecule has 18 heavy (non-hydrogen) atoms. The van der Waals surface area contributed by atoms with Gasteiger partial charge in [-0.05, 0) is 6.42 Å². The lowest BCUT2D eigenvalue weighted by Crippen LogP contribution is -2.24. The summed E-state index contributed by atoms with van der Waals surface area (Å²) in [5, 5.41) is 2.09. The number of amides is 1. The van der Waals surface area contributed by atoms with Gasteiger partial charge in [-0.15, -0.1) is 0 Å². The minimum Gasteiger partial charge on any atom is -0.449 e. The molecule has 0 aliphatic heterocycles. The number of carbonyl (C=O) groups is 1. The van der Waals surface area contributed by atoms with E-state index in [1.807, 2.05) is 6.92 Å². The summed E-state index contributed by atoms with van der Waals surface area (Å²) in [5.41, 5.74) is -0.655. The molecule has 0 bridgehead atoms. The van der Waals surface area contributed by atoms with Gasteiger partial charge >= 0.3 is 11.8 Å². The molecular formula is C11H16FN3O3. The summed E-state index contributed by atoms with van der Waals surface area (Å²) in [5.74, 6) is -1.21. The molecule has 0 saturated carbocycles. The van der Waals surface area contributed by atoms with Crippen LogP contribution in [0.25, 0.3) is 0 Å². The number of anilines is 1. The lowest BCUT2D eigenvalue weighted by atomic mass is 10.3. The Labute approximate surface area is 104 Å². The molecular weight excluding hydrogens is 241 g/mol. The van der Waals surface area contributed by atoms with E-state index >= 15 is 0 Å². The lowest BCUT2D eigenvalue weighted by molar-refractivity contribution is 0.159. The highest BCUT2D eigenvalue weighted by Crippen LogP contribution is 2.06. The lowest BCUT2D eigenvalue weighted by Gasteiger charge is -2.07. The van der Waals surface area contributed by atoms with Gasteiger partial charge in [0.25, 0.3) is 0 Å². The number of ether oxygens (including phenoxy) is 1. The molecule has 0 saturated heterocycles. The first kappa shape index (κ1) is 14.1. The van der Waals surface area contributed by atoms with E-state index in [0.717, 1.165) is 30.0 Å². The molecule has 0 aromatic carbocycles. The zero-order valence-electron chi connectivity index (χ0n) is 10.4. The Morgan fingerprint density at radius 1 is 1.56 bits per heavy atom. The minimum absolute atomic E-state index is 0.256. The second kappa shape index (κ2) is 6.73. The zero-order valence-corrected chi connectivity index (χ0v) is 10.4. The fourth-order valence-electron chi connectivity index (χ4n) is 1.25. The Kier molecular flexibility index (Phi) is 5.29. The number of halogens is 1. The van der Waals surface area contributed by atoms with Crippen molar-refractivity contribution in [1.29, 1.82) is 0 Å². The second-order valence-electron chi connectivity index (χ2n) is 3.80. The first-order valence-electron chi connectivity index (χ1n) is 5.71. The molecule has 1 aromatic rings. The van der Waals surface area contributed by atoms with Gasteiger partial charge < -0.3 is 4.74 Å². The fourth-order valence-corrected chi connectivity index (χ4v) is 1.25. The molecule has 0 fully saturated rings. The van der Waals surface area contributed by atoms with Crippen molar-refractivity contribution in [3.63, 3.8) is 0 Å². The Balaban J connectivity index is 2.54. The van der Waals surface area contributed by atoms with E-state index in [2.05, 4.69) is 10.3 Å². The van der Waals surface area contributed by atoms with Gasteiger partial charge in [-0.2, -0.15) is 4.98 Å². The molecule has 0 spiro atoms. The van der Waals surface area contributed by atoms with Gasteiger partial charge in [-0.25, -0.2) is 14.0 Å². The molecule has 100 valence electrons. The Morgan fingerprint density at radius 2 is 2.28 bits per heavy atom. The Morgan fingerprint density at radius 3 is 2.94 bits per heavy atom. The van der Waals surface area contributed by atoms with Crippen molar-refractivity contribution in [2.24, 2.45) is 7.05 Å². The largest absolute Gasteiger partial charge is 0.449 e. The van der Waals surface area contributed by atoms with Gasteiger partial charge in [0, 0.05) is 13.2 Å². The second-order valence-corrected chi connectivity index (χ2v) is 3.80. The number of hydrogen-bond donors (Lipinski definition) is 1. The number of nitrogens with zero attached hydrogens (tertiary/aromatic N) is 2. The van der Waals surface area contributed by atoms with Crippen LogP contribution in [-0.4, -0.2) is 22.3 Å². The van der Waals surface area contributed by atoms with Gasteiger partial charge in [-0.3, -0.25) is 9.88 Å². The van der Waals surface area contributed by atoms with Crippen LogP contribution in [0.1, 0.15) is 26.2 Å². The average Bonchev–Trinajstić information content (AvgIpc) is 2.32. The predicted molar refractivity (Wildman–Crippen MR) is 63.9 cm³/mol. The van der Waals surface area contributed by atoms with Crippen LogP contribution in [0.3, 0.4) is 0 Å². The maximum Gasteiger partial charge on any atom is 0.412 e. The summed E-state index contributed by atoms with van der Waals surface area (Å²) in [6, 6.07) is 0. The fraction of sp³-hybridized carbons (Fsp3) is 0.545. The molecule has 1 heterocycles. The monoisotopic (exact) mass is 257 g/mol. The zero-order chi connectivity index (χ0) is 13.5. The third kappa shape index (κ3) is 4.15. The van der Waals surface area contributed by atoms with Crippen LogP contribution in [-0.2, 0) is 11.8 Å². The summed E-state index contributed by atoms with van der Waals surface area (Å²) in [4.78, 5) is 25.8. The van der Waals surface area contributed by atoms with Crippen LogP contribution >= 0.6 is 0 Å². The molecule has 6 nitrogen and oxygen atoms in total. The SMILES string of the molecule is CCCCCOC(=O)Nc1nc(=O)n(C)cc1F. The third-order valence-electron chi connectivity index (χ3n) is 2.24. The van der Waals surface area contributed by atoms with Gasteiger partial charge in [-0.1, -0.05) is 19.8 Å². The standard InChI is InChI=1S/C11H16FN3O3/c1-3-4-5-6-18-11(17)14-9-8(12)7-15(2)10(16)13-9/h7H,3-6H2,1-2H3,(H,13,14,16,17). The highest BCUT2D eigenvalue weighted by atomic mass is 19.1. The number of aromatic nitrogens is 2. The average molecular weight is 257 g/mol. The molecule has 0 aliphatic carbocycles. The van der Waals surface area contributed by atoms with E-state index in [1.165, 1.54) is 7.05 Å². The van der Waals surface area contributed by atoms with Crippen LogP contribution in [0.4, 0.5) is 15.0 Å². The molecule has 7 heteroatoms. The minimum atomic E-state index is -0.814. The maximum atomic E-state index is 13.3. The van der Waals surface area contributed by atoms with Crippen molar-refractivity contribution in [3.05, 3.63) is 22.5 Å². The highest BCUT2D eigenvalue weighted by Gasteiger charge is 2.11. The summed E-state index contributed by atoms with van der Waals surface area (Å²) >= 11 is 0. The normalized spacial score (nSPS) is 10.2. The van der Waals surface area contributed by atoms with E-state index in [4.69, 9.17) is 4.74 Å². The van der Waals surface area contributed by atoms with Gasteiger partial charge in [0.2, 0.25) is 0 Å². The van der Waals surface area contributed by atoms with E-state index in [9.17, 15) is 14.0 Å². The predicted octanol–water partition coefficient (Wildman–Crippen LogP) is 1.66. The number of rotatable bonds is 5. The quantitative estimate of drug-likeness (QED) is 0.814. The van der Waals surface area contributed by atoms with E-state index in [1.54, 1.807) is 0 Å². The number of carbonyl (C=O) groups excluding carboxylic acids is 1. The molecule has 1 rings (SSSR count). The summed E-state index contributed by atoms with van der Waals surface area (Å²) in [6.07, 6.45) is 2.84. The molecule has 0 aliphatic rings. The topological polar surface area (TPSA) is 73.2 Å². The number of aryl methyl sites for hydroxylation is 1. The van der Waals surface area contributed by atoms with E-state index < -0.39 is 23.4 Å². The van der Waals surface area contributed by atoms with E-state index in [-0.39, 0.29) is 6.61 Å². The van der Waals surface area contributed by atoms with Crippen molar-refractivity contribution in [2.75, 3.05) is 11.9 Å². The van der Waals surface area contributed by atoms with Crippen LogP contribution in [0, 0.1) is 5.82 Å².